The number of carboxylic acid groups (broad SMARTS) is 2. The van der Waals surface area contributed by atoms with Gasteiger partial charge in [0.25, 0.3) is 5.91 Å². The number of nitrogens with two attached hydrogens (primary N) is 1. The number of aryl methyl sites for hydroxylation is 1. The van der Waals surface area contributed by atoms with Gasteiger partial charge in [0.05, 0.1) is 44.2 Å². The first-order chi connectivity index (χ1) is 43.5. The SMILES string of the molecule is CC(=O)C[C@H](CC(=O)CCCOCCOCC(=O)NOCCOCC(=O)NCCCC[C@H](CC(=O)[C@@H](CC(=O)CCc1cnc[nH]1)Cc1cccc(C(F)(F)F)c1)C(N)=O)C(=O)O.CC1CCN(C(=O)CCCCCCCCCCCCCCCCC(=O)O)CC1.[HH].[HH]. The first-order valence-corrected chi connectivity index (χ1v) is 32.6. The number of rotatable bonds is 53. The lowest BCUT2D eigenvalue weighted by Crippen LogP contribution is -2.37. The number of benzene rings is 1. The third kappa shape index (κ3) is 42.4. The van der Waals surface area contributed by atoms with Crippen LogP contribution in [0.1, 0.15) is 213 Å². The van der Waals surface area contributed by atoms with Gasteiger partial charge in [0.1, 0.15) is 36.3 Å². The van der Waals surface area contributed by atoms with Crippen LogP contribution in [-0.2, 0) is 86.0 Å². The predicted octanol–water partition coefficient (Wildman–Crippen LogP) is 10.1. The van der Waals surface area contributed by atoms with E-state index >= 15 is 0 Å². The Kier molecular flexibility index (Phi) is 43.6. The molecular formula is C66H107F3N6O16. The maximum Gasteiger partial charge on any atom is 0.416 e. The molecule has 4 amide bonds. The fourth-order valence-electron chi connectivity index (χ4n) is 10.3. The molecule has 0 aliphatic carbocycles. The molecule has 1 aliphatic heterocycles. The fraction of sp³-hybridized carbons (Fsp3) is 0.712. The van der Waals surface area contributed by atoms with E-state index < -0.39 is 64.9 Å². The second-order valence-electron chi connectivity index (χ2n) is 23.8. The molecule has 2 aromatic rings. The van der Waals surface area contributed by atoms with Crippen molar-refractivity contribution >= 4 is 58.7 Å². The molecule has 0 unspecified atom stereocenters. The van der Waals surface area contributed by atoms with Gasteiger partial charge in [0.2, 0.25) is 17.7 Å². The number of alkyl halides is 3. The van der Waals surface area contributed by atoms with E-state index in [1.165, 1.54) is 109 Å². The van der Waals surface area contributed by atoms with Gasteiger partial charge in [0, 0.05) is 104 Å². The number of ketones is 4. The summed E-state index contributed by atoms with van der Waals surface area (Å²) in [4.78, 5) is 133. The Morgan fingerprint density at radius 3 is 1.85 bits per heavy atom. The van der Waals surface area contributed by atoms with Crippen molar-refractivity contribution in [2.45, 2.75) is 213 Å². The molecule has 1 aliphatic rings. The zero-order valence-electron chi connectivity index (χ0n) is 53.8. The molecule has 0 spiro atoms. The van der Waals surface area contributed by atoms with Crippen LogP contribution in [-0.4, -0.2) is 150 Å². The minimum absolute atomic E-state index is 0. The number of piperidine rings is 1. The van der Waals surface area contributed by atoms with E-state index in [1.54, 1.807) is 6.20 Å². The largest absolute Gasteiger partial charge is 0.481 e. The van der Waals surface area contributed by atoms with Crippen molar-refractivity contribution in [2.24, 2.45) is 29.4 Å². The maximum atomic E-state index is 13.5. The number of amides is 4. The Labute approximate surface area is 537 Å². The zero-order valence-corrected chi connectivity index (χ0v) is 53.8. The van der Waals surface area contributed by atoms with Gasteiger partial charge in [-0.2, -0.15) is 13.2 Å². The summed E-state index contributed by atoms with van der Waals surface area (Å²) in [6.45, 7) is 5.45. The third-order valence-electron chi connectivity index (χ3n) is 15.7. The van der Waals surface area contributed by atoms with Crippen LogP contribution in [0.15, 0.2) is 36.8 Å². The lowest BCUT2D eigenvalue weighted by atomic mass is 9.84. The van der Waals surface area contributed by atoms with Crippen molar-refractivity contribution in [3.63, 3.8) is 0 Å². The number of imidazole rings is 1. The molecule has 2 heterocycles. The maximum absolute atomic E-state index is 13.5. The highest BCUT2D eigenvalue weighted by Gasteiger charge is 2.32. The molecule has 25 heteroatoms. The monoisotopic (exact) mass is 1300 g/mol. The predicted molar refractivity (Wildman–Crippen MR) is 337 cm³/mol. The van der Waals surface area contributed by atoms with Crippen molar-refractivity contribution in [1.29, 1.82) is 0 Å². The van der Waals surface area contributed by atoms with Crippen molar-refractivity contribution in [3.8, 4) is 0 Å². The molecule has 3 rings (SSSR count). The summed E-state index contributed by atoms with van der Waals surface area (Å²) >= 11 is 0. The van der Waals surface area contributed by atoms with E-state index in [0.717, 1.165) is 56.8 Å². The number of unbranched alkanes of at least 4 members (excludes halogenated alkanes) is 14. The van der Waals surface area contributed by atoms with E-state index in [0.29, 0.717) is 43.7 Å². The van der Waals surface area contributed by atoms with Gasteiger partial charge in [0.15, 0.2) is 0 Å². The Morgan fingerprint density at radius 1 is 0.681 bits per heavy atom. The van der Waals surface area contributed by atoms with E-state index in [-0.39, 0.29) is 130 Å². The number of carboxylic acids is 2. The van der Waals surface area contributed by atoms with Crippen molar-refractivity contribution in [3.05, 3.63) is 53.6 Å². The van der Waals surface area contributed by atoms with Crippen molar-refractivity contribution < 1.29 is 93.2 Å². The molecule has 0 saturated carbocycles. The van der Waals surface area contributed by atoms with E-state index in [9.17, 15) is 61.1 Å². The number of Topliss-reactive ketones (excluding diaryl/α,β-unsaturated/α-hetero) is 4. The number of aromatic amines is 1. The highest BCUT2D eigenvalue weighted by Crippen LogP contribution is 2.31. The number of aliphatic carboxylic acids is 2. The first kappa shape index (κ1) is 80.7. The summed E-state index contributed by atoms with van der Waals surface area (Å²) < 4.78 is 55.8. The molecule has 91 heavy (non-hydrogen) atoms. The molecular weight excluding hydrogens is 1190 g/mol. The summed E-state index contributed by atoms with van der Waals surface area (Å²) in [7, 11) is 0. The van der Waals surface area contributed by atoms with Gasteiger partial charge >= 0.3 is 18.1 Å². The van der Waals surface area contributed by atoms with Gasteiger partial charge in [-0.25, -0.2) is 10.5 Å². The van der Waals surface area contributed by atoms with E-state index in [1.807, 2.05) is 0 Å². The minimum Gasteiger partial charge on any atom is -0.481 e. The van der Waals surface area contributed by atoms with Crippen LogP contribution in [0.3, 0.4) is 0 Å². The lowest BCUT2D eigenvalue weighted by Gasteiger charge is -2.30. The summed E-state index contributed by atoms with van der Waals surface area (Å²) in [6.07, 6.45) is 19.9. The molecule has 1 aromatic carbocycles. The highest BCUT2D eigenvalue weighted by atomic mass is 19.4. The molecule has 1 saturated heterocycles. The van der Waals surface area contributed by atoms with Gasteiger partial charge < -0.3 is 50.2 Å². The lowest BCUT2D eigenvalue weighted by molar-refractivity contribution is -0.145. The van der Waals surface area contributed by atoms with Crippen LogP contribution < -0.4 is 16.5 Å². The quantitative estimate of drug-likeness (QED) is 0.0265. The average molecular weight is 1300 g/mol. The number of carbonyl (C=O) groups is 10. The number of primary amides is 1. The number of hydrogen-bond acceptors (Lipinski definition) is 15. The number of likely N-dealkylation sites (tertiary alicyclic amines) is 1. The molecule has 22 nitrogen and oxygen atoms in total. The third-order valence-corrected chi connectivity index (χ3v) is 15.7. The molecule has 0 bridgehead atoms. The van der Waals surface area contributed by atoms with Crippen LogP contribution in [0.2, 0.25) is 0 Å². The highest BCUT2D eigenvalue weighted by molar-refractivity contribution is 5.91. The van der Waals surface area contributed by atoms with Crippen LogP contribution in [0.4, 0.5) is 13.2 Å². The van der Waals surface area contributed by atoms with Crippen LogP contribution >= 0.6 is 0 Å². The fourth-order valence-corrected chi connectivity index (χ4v) is 10.3. The summed E-state index contributed by atoms with van der Waals surface area (Å²) in [5, 5.41) is 20.4. The summed E-state index contributed by atoms with van der Waals surface area (Å²) in [5.74, 6) is -6.65. The molecule has 1 aromatic heterocycles. The number of ether oxygens (including phenoxy) is 3. The Balaban J connectivity index is 0.00000236. The smallest absolute Gasteiger partial charge is 0.416 e. The van der Waals surface area contributed by atoms with Crippen molar-refractivity contribution in [1.82, 2.24) is 25.7 Å². The molecule has 1 fully saturated rings. The van der Waals surface area contributed by atoms with E-state index in [4.69, 9.17) is 35.0 Å². The number of hydrogen-bond donors (Lipinski definition) is 6. The standard InChI is InChI=1S/C42H58F3N5O13.C24H45NO3.2H2/c1-28(51)18-32(41(58)59)22-35(52)9-5-13-60-14-15-61-26-39(56)50-63-17-16-62-25-38(55)48-12-3-2-7-30(40(46)57)23-37(54)31(21-36(53)11-10-34-24-47-27-49-34)19-29-6-4-8-33(20-29)42(43,44)45;1-22-18-20-25(21-19-22)23(26)16-14-12-10-8-6-4-2-3-5-7-9-11-13-15-17-24(27)28;;/h4,6,8,20,24,27,30-32H,2-3,5,7,9-19,21-23,25-26H2,1H3,(H2,46,57)(H,47,49)(H,48,55)(H,50,56)(H,58,59);22H,2-21H2,1H3,(H,27,28);2*1H/t30-,31-,32-;;;/m1.../s1. The number of carbonyl (C=O) groups excluding carboxylic acids is 8. The second-order valence-corrected chi connectivity index (χ2v) is 23.8. The second kappa shape index (κ2) is 49.2. The Hall–Kier alpha value is -6.44. The Morgan fingerprint density at radius 2 is 1.26 bits per heavy atom. The summed E-state index contributed by atoms with van der Waals surface area (Å²) in [5.41, 5.74) is 7.81. The van der Waals surface area contributed by atoms with Crippen molar-refractivity contribution in [2.75, 3.05) is 65.9 Å². The normalized spacial score (nSPS) is 13.5. The number of nitrogens with zero attached hydrogens (tertiary/aromatic N) is 2. The minimum atomic E-state index is -4.60. The molecule has 7 N–H and O–H groups in total. The van der Waals surface area contributed by atoms with Crippen LogP contribution in [0.25, 0.3) is 0 Å². The van der Waals surface area contributed by atoms with Gasteiger partial charge in [-0.1, -0.05) is 109 Å². The Bertz CT molecular complexity index is 2450. The van der Waals surface area contributed by atoms with Gasteiger partial charge in [-0.15, -0.1) is 0 Å². The van der Waals surface area contributed by atoms with E-state index in [2.05, 4.69) is 32.6 Å². The molecule has 518 valence electrons. The number of H-pyrrole nitrogens is 1. The van der Waals surface area contributed by atoms with Crippen LogP contribution in [0, 0.1) is 23.7 Å². The van der Waals surface area contributed by atoms with Gasteiger partial charge in [-0.05, 0) is 82.3 Å². The first-order valence-electron chi connectivity index (χ1n) is 32.6. The number of aromatic nitrogens is 2. The van der Waals surface area contributed by atoms with Crippen LogP contribution in [0.5, 0.6) is 0 Å². The number of halogens is 3. The summed E-state index contributed by atoms with van der Waals surface area (Å²) in [6, 6.07) is 4.54. The topological polar surface area (TPSA) is 330 Å². The number of nitrogens with one attached hydrogen (secondary N) is 3. The zero-order chi connectivity index (χ0) is 67.1. The average Bonchev–Trinajstić information content (AvgIpc) is 1.25. The number of hydroxylamine groups is 1. The molecule has 3 atom stereocenters. The van der Waals surface area contributed by atoms with Gasteiger partial charge in [-0.3, -0.25) is 48.0 Å². The molecule has 0 radical (unpaired) electrons.